The van der Waals surface area contributed by atoms with E-state index in [-0.39, 0.29) is 35.8 Å². The van der Waals surface area contributed by atoms with Gasteiger partial charge in [0.1, 0.15) is 9.84 Å². The van der Waals surface area contributed by atoms with Crippen LogP contribution in [0.15, 0.2) is 4.99 Å². The zero-order chi connectivity index (χ0) is 17.1. The Morgan fingerprint density at radius 3 is 2.79 bits per heavy atom. The third-order valence-corrected chi connectivity index (χ3v) is 4.64. The smallest absolute Gasteiger partial charge is 0.191 e. The summed E-state index contributed by atoms with van der Waals surface area (Å²) in [5.41, 5.74) is 0. The number of aliphatic imine (C=N–C) groups is 1. The van der Waals surface area contributed by atoms with Gasteiger partial charge in [-0.2, -0.15) is 0 Å². The van der Waals surface area contributed by atoms with Crippen molar-refractivity contribution in [3.8, 4) is 0 Å². The fourth-order valence-electron chi connectivity index (χ4n) is 2.24. The molecule has 1 aliphatic heterocycles. The van der Waals surface area contributed by atoms with Crippen LogP contribution >= 0.6 is 24.0 Å². The first kappa shape index (κ1) is 23.9. The molecule has 0 amide bonds. The Morgan fingerprint density at radius 2 is 2.21 bits per heavy atom. The Bertz CT molecular complexity index is 454. The van der Waals surface area contributed by atoms with E-state index in [0.717, 1.165) is 39.2 Å². The normalized spacial score (nSPS) is 19.6. The maximum absolute atomic E-state index is 11.2. The third kappa shape index (κ3) is 12.3. The largest absolute Gasteiger partial charge is 0.381 e. The van der Waals surface area contributed by atoms with Crippen molar-refractivity contribution >= 4 is 39.8 Å². The van der Waals surface area contributed by atoms with Gasteiger partial charge in [0.2, 0.25) is 0 Å². The molecule has 7 nitrogen and oxygen atoms in total. The highest BCUT2D eigenvalue weighted by Gasteiger charge is 2.15. The van der Waals surface area contributed by atoms with Gasteiger partial charge in [0.25, 0.3) is 0 Å². The Kier molecular flexibility index (Phi) is 13.1. The van der Waals surface area contributed by atoms with Crippen molar-refractivity contribution in [2.45, 2.75) is 32.2 Å². The first-order valence-corrected chi connectivity index (χ1v) is 10.3. The minimum absolute atomic E-state index is 0. The monoisotopic (exact) mass is 477 g/mol. The highest BCUT2D eigenvalue weighted by atomic mass is 127. The molecule has 2 N–H and O–H groups in total. The SMILES string of the molecule is CN=C(NCCCOCC1CCOC1)NC(C)CCS(C)(=O)=O.I. The lowest BCUT2D eigenvalue weighted by molar-refractivity contribution is 0.0888. The highest BCUT2D eigenvalue weighted by molar-refractivity contribution is 14.0. The molecule has 2 unspecified atom stereocenters. The molecular weight excluding hydrogens is 445 g/mol. The quantitative estimate of drug-likeness (QED) is 0.212. The lowest BCUT2D eigenvalue weighted by Crippen LogP contribution is -2.43. The Morgan fingerprint density at radius 1 is 1.46 bits per heavy atom. The second-order valence-corrected chi connectivity index (χ2v) is 8.38. The zero-order valence-electron chi connectivity index (χ0n) is 14.9. The van der Waals surface area contributed by atoms with Gasteiger partial charge in [-0.05, 0) is 26.2 Å². The van der Waals surface area contributed by atoms with Gasteiger partial charge < -0.3 is 20.1 Å². The Labute approximate surface area is 163 Å². The molecule has 9 heteroatoms. The molecule has 0 saturated carbocycles. The summed E-state index contributed by atoms with van der Waals surface area (Å²) < 4.78 is 33.3. The molecule has 0 bridgehead atoms. The summed E-state index contributed by atoms with van der Waals surface area (Å²) in [5, 5.41) is 6.40. The van der Waals surface area contributed by atoms with Gasteiger partial charge in [0, 0.05) is 45.0 Å². The van der Waals surface area contributed by atoms with Crippen LogP contribution in [0, 0.1) is 5.92 Å². The maximum atomic E-state index is 11.2. The van der Waals surface area contributed by atoms with Crippen LogP contribution in [0.25, 0.3) is 0 Å². The molecule has 0 spiro atoms. The standard InChI is InChI=1S/C15H31N3O4S.HI/c1-13(6-10-23(3,19)20)18-15(16-2)17-7-4-8-21-11-14-5-9-22-12-14;/h13-14H,4-12H2,1-3H3,(H2,16,17,18);1H. The summed E-state index contributed by atoms with van der Waals surface area (Å²) in [7, 11) is -1.22. The van der Waals surface area contributed by atoms with E-state index < -0.39 is 9.84 Å². The molecule has 1 aliphatic rings. The van der Waals surface area contributed by atoms with Gasteiger partial charge >= 0.3 is 0 Å². The molecule has 144 valence electrons. The van der Waals surface area contributed by atoms with Gasteiger partial charge in [0.05, 0.1) is 19.0 Å². The topological polar surface area (TPSA) is 89.0 Å². The molecule has 1 fully saturated rings. The lowest BCUT2D eigenvalue weighted by atomic mass is 10.1. The summed E-state index contributed by atoms with van der Waals surface area (Å²) in [4.78, 5) is 4.14. The van der Waals surface area contributed by atoms with E-state index in [2.05, 4.69) is 15.6 Å². The van der Waals surface area contributed by atoms with Crippen LogP contribution in [-0.2, 0) is 19.3 Å². The number of hydrogen-bond acceptors (Lipinski definition) is 5. The molecule has 0 aromatic heterocycles. The van der Waals surface area contributed by atoms with Crippen LogP contribution in [0.1, 0.15) is 26.2 Å². The average Bonchev–Trinajstić information content (AvgIpc) is 3.00. The fraction of sp³-hybridized carbons (Fsp3) is 0.933. The second kappa shape index (κ2) is 13.1. The predicted molar refractivity (Wildman–Crippen MR) is 108 cm³/mol. The van der Waals surface area contributed by atoms with Crippen molar-refractivity contribution in [3.05, 3.63) is 0 Å². The van der Waals surface area contributed by atoms with Crippen molar-refractivity contribution in [2.75, 3.05) is 52.0 Å². The van der Waals surface area contributed by atoms with Crippen molar-refractivity contribution < 1.29 is 17.9 Å². The molecule has 2 atom stereocenters. The van der Waals surface area contributed by atoms with Crippen molar-refractivity contribution in [3.63, 3.8) is 0 Å². The minimum atomic E-state index is -2.92. The van der Waals surface area contributed by atoms with E-state index in [1.54, 1.807) is 7.05 Å². The van der Waals surface area contributed by atoms with Gasteiger partial charge in [-0.15, -0.1) is 24.0 Å². The number of nitrogens with one attached hydrogen (secondary N) is 2. The number of rotatable bonds is 10. The second-order valence-electron chi connectivity index (χ2n) is 6.12. The molecule has 0 aromatic carbocycles. The summed E-state index contributed by atoms with van der Waals surface area (Å²) in [6.07, 6.45) is 3.81. The summed E-state index contributed by atoms with van der Waals surface area (Å²) >= 11 is 0. The van der Waals surface area contributed by atoms with Crippen molar-refractivity contribution in [1.29, 1.82) is 0 Å². The van der Waals surface area contributed by atoms with E-state index in [9.17, 15) is 8.42 Å². The molecule has 24 heavy (non-hydrogen) atoms. The number of nitrogens with zero attached hydrogens (tertiary/aromatic N) is 1. The van der Waals surface area contributed by atoms with Crippen LogP contribution in [0.5, 0.6) is 0 Å². The molecule has 1 rings (SSSR count). The van der Waals surface area contributed by atoms with Crippen LogP contribution < -0.4 is 10.6 Å². The maximum Gasteiger partial charge on any atom is 0.191 e. The minimum Gasteiger partial charge on any atom is -0.381 e. The first-order valence-electron chi connectivity index (χ1n) is 8.21. The predicted octanol–water partition coefficient (Wildman–Crippen LogP) is 1.04. The Balaban J connectivity index is 0.00000529. The van der Waals surface area contributed by atoms with Gasteiger partial charge in [-0.1, -0.05) is 0 Å². The number of guanidine groups is 1. The zero-order valence-corrected chi connectivity index (χ0v) is 18.1. The third-order valence-electron chi connectivity index (χ3n) is 3.66. The molecule has 0 radical (unpaired) electrons. The molecule has 0 aromatic rings. The number of halogens is 1. The molecule has 1 heterocycles. The molecule has 1 saturated heterocycles. The van der Waals surface area contributed by atoms with Crippen molar-refractivity contribution in [1.82, 2.24) is 10.6 Å². The van der Waals surface area contributed by atoms with Crippen LogP contribution in [-0.4, -0.2) is 72.4 Å². The first-order chi connectivity index (χ1) is 10.9. The van der Waals surface area contributed by atoms with E-state index in [1.165, 1.54) is 6.26 Å². The van der Waals surface area contributed by atoms with E-state index in [4.69, 9.17) is 9.47 Å². The van der Waals surface area contributed by atoms with Gasteiger partial charge in [0.15, 0.2) is 5.96 Å². The van der Waals surface area contributed by atoms with E-state index in [1.807, 2.05) is 6.92 Å². The fourth-order valence-corrected chi connectivity index (χ4v) is 3.02. The highest BCUT2D eigenvalue weighted by Crippen LogP contribution is 2.12. The van der Waals surface area contributed by atoms with Crippen LogP contribution in [0.2, 0.25) is 0 Å². The van der Waals surface area contributed by atoms with Crippen LogP contribution in [0.4, 0.5) is 0 Å². The summed E-state index contributed by atoms with van der Waals surface area (Å²) in [6, 6.07) is 0.0505. The summed E-state index contributed by atoms with van der Waals surface area (Å²) in [5.74, 6) is 1.42. The molecule has 0 aliphatic carbocycles. The van der Waals surface area contributed by atoms with Gasteiger partial charge in [-0.25, -0.2) is 8.42 Å². The lowest BCUT2D eigenvalue weighted by Gasteiger charge is -2.17. The molecular formula is C15H32IN3O4S. The number of sulfone groups is 1. The number of ether oxygens (including phenoxy) is 2. The summed E-state index contributed by atoms with van der Waals surface area (Å²) in [6.45, 7) is 5.87. The van der Waals surface area contributed by atoms with Crippen molar-refractivity contribution in [2.24, 2.45) is 10.9 Å². The average molecular weight is 477 g/mol. The van der Waals surface area contributed by atoms with Crippen LogP contribution in [0.3, 0.4) is 0 Å². The van der Waals surface area contributed by atoms with E-state index in [0.29, 0.717) is 24.9 Å². The Hall–Kier alpha value is -0.130. The number of hydrogen-bond donors (Lipinski definition) is 2. The van der Waals surface area contributed by atoms with Gasteiger partial charge in [-0.3, -0.25) is 4.99 Å². The van der Waals surface area contributed by atoms with E-state index >= 15 is 0 Å².